The number of fused-ring (bicyclic) bond motifs is 1. The maximum absolute atomic E-state index is 11.6. The first-order valence-electron chi connectivity index (χ1n) is 5.23. The van der Waals surface area contributed by atoms with E-state index in [1.165, 1.54) is 0 Å². The van der Waals surface area contributed by atoms with Gasteiger partial charge in [0.2, 0.25) is 5.95 Å². The molecule has 0 radical (unpaired) electrons. The van der Waals surface area contributed by atoms with Gasteiger partial charge in [-0.05, 0) is 6.42 Å². The van der Waals surface area contributed by atoms with Crippen LogP contribution in [0.15, 0.2) is 35.4 Å². The molecule has 0 amide bonds. The van der Waals surface area contributed by atoms with E-state index in [0.717, 1.165) is 12.0 Å². The third-order valence-corrected chi connectivity index (χ3v) is 2.83. The summed E-state index contributed by atoms with van der Waals surface area (Å²) >= 11 is 0. The molecule has 0 bridgehead atoms. The molecular formula is C11H11N5O. The molecule has 3 rings (SSSR count). The normalized spacial score (nSPS) is 19.3. The number of hydrogen-bond donors (Lipinski definition) is 2. The molecular weight excluding hydrogens is 218 g/mol. The van der Waals surface area contributed by atoms with Gasteiger partial charge in [0, 0.05) is 0 Å². The van der Waals surface area contributed by atoms with Crippen LogP contribution in [0.3, 0.4) is 0 Å². The van der Waals surface area contributed by atoms with Gasteiger partial charge in [0.1, 0.15) is 0 Å². The maximum atomic E-state index is 11.6. The van der Waals surface area contributed by atoms with Crippen molar-refractivity contribution in [2.24, 2.45) is 0 Å². The topological polar surface area (TPSA) is 89.6 Å². The Morgan fingerprint density at radius 3 is 3.12 bits per heavy atom. The first-order chi connectivity index (χ1) is 8.15. The lowest BCUT2D eigenvalue weighted by molar-refractivity contribution is 0.634. The highest BCUT2D eigenvalue weighted by atomic mass is 16.1. The zero-order chi connectivity index (χ0) is 12.0. The molecule has 2 heterocycles. The molecule has 0 saturated carbocycles. The Hall–Kier alpha value is -2.37. The predicted octanol–water partition coefficient (Wildman–Crippen LogP) is 0.759. The second-order valence-corrected chi connectivity index (χ2v) is 4.06. The lowest BCUT2D eigenvalue weighted by atomic mass is 10.2. The van der Waals surface area contributed by atoms with Crippen molar-refractivity contribution >= 4 is 17.1 Å². The number of rotatable bonds is 1. The number of imidazole rings is 1. The molecule has 6 nitrogen and oxygen atoms in total. The maximum Gasteiger partial charge on any atom is 0.280 e. The van der Waals surface area contributed by atoms with Crippen molar-refractivity contribution < 1.29 is 0 Å². The van der Waals surface area contributed by atoms with Crippen molar-refractivity contribution in [3.63, 3.8) is 0 Å². The Morgan fingerprint density at radius 1 is 1.59 bits per heavy atom. The molecule has 1 atom stereocenters. The average molecular weight is 229 g/mol. The summed E-state index contributed by atoms with van der Waals surface area (Å²) < 4.78 is 1.84. The highest BCUT2D eigenvalue weighted by Gasteiger charge is 2.18. The van der Waals surface area contributed by atoms with Gasteiger partial charge in [-0.1, -0.05) is 24.3 Å². The average Bonchev–Trinajstić information content (AvgIpc) is 2.83. The van der Waals surface area contributed by atoms with E-state index in [0.29, 0.717) is 11.2 Å². The highest BCUT2D eigenvalue weighted by molar-refractivity contribution is 5.70. The standard InChI is InChI=1S/C11H11N5O/c1-6-2-3-7(4-6)16-5-13-8-9(16)14-11(12)15-10(8)17/h2-3,5,7H,1,4H2,(H3,12,14,15,17)/t7-/m0/s1. The predicted molar refractivity (Wildman–Crippen MR) is 64.5 cm³/mol. The van der Waals surface area contributed by atoms with Gasteiger partial charge in [0.25, 0.3) is 5.56 Å². The first kappa shape index (κ1) is 9.83. The number of aromatic nitrogens is 4. The summed E-state index contributed by atoms with van der Waals surface area (Å²) in [5.41, 5.74) is 7.09. The zero-order valence-electron chi connectivity index (χ0n) is 9.05. The fourth-order valence-corrected chi connectivity index (χ4v) is 2.03. The van der Waals surface area contributed by atoms with Crippen LogP contribution in [-0.4, -0.2) is 19.5 Å². The minimum absolute atomic E-state index is 0.102. The number of nitrogens with one attached hydrogen (secondary N) is 1. The number of allylic oxidation sites excluding steroid dienone is 3. The van der Waals surface area contributed by atoms with Crippen LogP contribution in [0, 0.1) is 0 Å². The SMILES string of the molecule is C=C1C=C[C@H](n2cnc3c(=O)[nH]c(N)nc32)C1. The molecule has 17 heavy (non-hydrogen) atoms. The number of H-pyrrole nitrogens is 1. The largest absolute Gasteiger partial charge is 0.369 e. The number of nitrogens with two attached hydrogens (primary N) is 1. The van der Waals surface area contributed by atoms with Crippen LogP contribution in [0.4, 0.5) is 5.95 Å². The van der Waals surface area contributed by atoms with Crippen molar-refractivity contribution in [3.05, 3.63) is 41.0 Å². The molecule has 2 aromatic rings. The molecule has 0 spiro atoms. The Labute approximate surface area is 96.5 Å². The van der Waals surface area contributed by atoms with Gasteiger partial charge in [0.15, 0.2) is 11.2 Å². The second-order valence-electron chi connectivity index (χ2n) is 4.06. The van der Waals surface area contributed by atoms with E-state index in [2.05, 4.69) is 21.5 Å². The molecule has 0 aromatic carbocycles. The van der Waals surface area contributed by atoms with Crippen LogP contribution in [0.1, 0.15) is 12.5 Å². The highest BCUT2D eigenvalue weighted by Crippen LogP contribution is 2.27. The van der Waals surface area contributed by atoms with E-state index in [-0.39, 0.29) is 17.5 Å². The Balaban J connectivity index is 2.21. The van der Waals surface area contributed by atoms with Crippen molar-refractivity contribution in [1.82, 2.24) is 19.5 Å². The molecule has 2 aromatic heterocycles. The summed E-state index contributed by atoms with van der Waals surface area (Å²) in [6, 6.07) is 0.112. The number of nitrogen functional groups attached to an aromatic ring is 1. The Morgan fingerprint density at radius 2 is 2.41 bits per heavy atom. The Kier molecular flexibility index (Phi) is 1.91. The molecule has 1 aliphatic carbocycles. The van der Waals surface area contributed by atoms with Crippen LogP contribution in [-0.2, 0) is 0 Å². The Bertz CT molecular complexity index is 693. The van der Waals surface area contributed by atoms with Gasteiger partial charge < -0.3 is 10.3 Å². The third kappa shape index (κ3) is 1.45. The molecule has 0 aliphatic heterocycles. The van der Waals surface area contributed by atoms with Crippen LogP contribution >= 0.6 is 0 Å². The van der Waals surface area contributed by atoms with Crippen LogP contribution in [0.5, 0.6) is 0 Å². The lowest BCUT2D eigenvalue weighted by Gasteiger charge is -2.09. The smallest absolute Gasteiger partial charge is 0.280 e. The number of nitrogens with zero attached hydrogens (tertiary/aromatic N) is 3. The van der Waals surface area contributed by atoms with Crippen LogP contribution in [0.25, 0.3) is 11.2 Å². The molecule has 0 unspecified atom stereocenters. The van der Waals surface area contributed by atoms with E-state index in [1.54, 1.807) is 6.33 Å². The minimum Gasteiger partial charge on any atom is -0.369 e. The minimum atomic E-state index is -0.313. The lowest BCUT2D eigenvalue weighted by Crippen LogP contribution is -2.13. The van der Waals surface area contributed by atoms with Gasteiger partial charge in [0.05, 0.1) is 12.4 Å². The first-order valence-corrected chi connectivity index (χ1v) is 5.23. The summed E-state index contributed by atoms with van der Waals surface area (Å²) in [6.07, 6.45) is 6.40. The van der Waals surface area contributed by atoms with Crippen molar-refractivity contribution in [2.45, 2.75) is 12.5 Å². The van der Waals surface area contributed by atoms with E-state index in [4.69, 9.17) is 5.73 Å². The monoisotopic (exact) mass is 229 g/mol. The van der Waals surface area contributed by atoms with Crippen molar-refractivity contribution in [3.8, 4) is 0 Å². The number of anilines is 1. The molecule has 0 fully saturated rings. The molecule has 3 N–H and O–H groups in total. The van der Waals surface area contributed by atoms with Gasteiger partial charge >= 0.3 is 0 Å². The van der Waals surface area contributed by atoms with Crippen LogP contribution < -0.4 is 11.3 Å². The number of aromatic amines is 1. The zero-order valence-corrected chi connectivity index (χ0v) is 9.05. The number of hydrogen-bond acceptors (Lipinski definition) is 4. The third-order valence-electron chi connectivity index (χ3n) is 2.83. The van der Waals surface area contributed by atoms with E-state index < -0.39 is 0 Å². The molecule has 86 valence electrons. The van der Waals surface area contributed by atoms with Gasteiger partial charge in [-0.15, -0.1) is 0 Å². The molecule has 6 heteroatoms. The van der Waals surface area contributed by atoms with Gasteiger partial charge in [-0.2, -0.15) is 4.98 Å². The quantitative estimate of drug-likeness (QED) is 0.755. The van der Waals surface area contributed by atoms with Gasteiger partial charge in [-0.25, -0.2) is 4.98 Å². The fraction of sp³-hybridized carbons (Fsp3) is 0.182. The summed E-state index contributed by atoms with van der Waals surface area (Å²) in [7, 11) is 0. The van der Waals surface area contributed by atoms with Gasteiger partial charge in [-0.3, -0.25) is 9.78 Å². The van der Waals surface area contributed by atoms with Crippen LogP contribution in [0.2, 0.25) is 0 Å². The summed E-state index contributed by atoms with van der Waals surface area (Å²) in [4.78, 5) is 22.2. The van der Waals surface area contributed by atoms with Crippen molar-refractivity contribution in [2.75, 3.05) is 5.73 Å². The van der Waals surface area contributed by atoms with E-state index in [1.807, 2.05) is 16.7 Å². The summed E-state index contributed by atoms with van der Waals surface area (Å²) in [6.45, 7) is 3.90. The van der Waals surface area contributed by atoms with E-state index in [9.17, 15) is 4.79 Å². The second kappa shape index (κ2) is 3.31. The molecule has 0 saturated heterocycles. The molecule has 1 aliphatic rings. The summed E-state index contributed by atoms with van der Waals surface area (Å²) in [5.74, 6) is 0.102. The fourth-order valence-electron chi connectivity index (χ4n) is 2.03. The summed E-state index contributed by atoms with van der Waals surface area (Å²) in [5, 5.41) is 0. The van der Waals surface area contributed by atoms with Crippen molar-refractivity contribution in [1.29, 1.82) is 0 Å². The van der Waals surface area contributed by atoms with E-state index >= 15 is 0 Å².